The van der Waals surface area contributed by atoms with Crippen LogP contribution in [0, 0.1) is 0 Å². The van der Waals surface area contributed by atoms with Crippen LogP contribution in [0.15, 0.2) is 24.7 Å². The van der Waals surface area contributed by atoms with Gasteiger partial charge in [0.15, 0.2) is 0 Å². The molecule has 3 nitrogen and oxygen atoms in total. The van der Waals surface area contributed by atoms with Gasteiger partial charge in [0.2, 0.25) is 0 Å². The standard InChI is InChI=1S/C6H10O.C5H10O2/c1-3-5-7-6-4-2;6-4-2-1-3-5(4)7/h3-6H,1-2H3;4-7H,1-3H2. The van der Waals surface area contributed by atoms with Crippen LogP contribution in [0.25, 0.3) is 0 Å². The van der Waals surface area contributed by atoms with Crippen LogP contribution in [0.3, 0.4) is 0 Å². The quantitative estimate of drug-likeness (QED) is 0.670. The van der Waals surface area contributed by atoms with Gasteiger partial charge in [-0.3, -0.25) is 0 Å². The Kier molecular flexibility index (Phi) is 8.28. The average molecular weight is 200 g/mol. The third kappa shape index (κ3) is 6.69. The molecule has 82 valence electrons. The van der Waals surface area contributed by atoms with Gasteiger partial charge >= 0.3 is 0 Å². The van der Waals surface area contributed by atoms with E-state index in [0.717, 1.165) is 19.3 Å². The van der Waals surface area contributed by atoms with Crippen LogP contribution in [-0.2, 0) is 4.74 Å². The number of allylic oxidation sites excluding steroid dienone is 2. The van der Waals surface area contributed by atoms with E-state index in [4.69, 9.17) is 14.9 Å². The van der Waals surface area contributed by atoms with Crippen LogP contribution < -0.4 is 0 Å². The van der Waals surface area contributed by atoms with Crippen LogP contribution in [-0.4, -0.2) is 22.4 Å². The molecule has 14 heavy (non-hydrogen) atoms. The molecule has 0 amide bonds. The zero-order valence-corrected chi connectivity index (χ0v) is 8.89. The van der Waals surface area contributed by atoms with Crippen molar-refractivity contribution in [2.45, 2.75) is 45.3 Å². The SMILES string of the molecule is CC=COC=CC.OC1CCCC1O. The summed E-state index contributed by atoms with van der Waals surface area (Å²) in [6.07, 6.45) is 8.59. The Morgan fingerprint density at radius 1 is 1.00 bits per heavy atom. The Bertz CT molecular complexity index is 157. The molecule has 1 aliphatic carbocycles. The van der Waals surface area contributed by atoms with E-state index in [9.17, 15) is 0 Å². The molecule has 3 heteroatoms. The van der Waals surface area contributed by atoms with Gasteiger partial charge in [0.1, 0.15) is 0 Å². The molecule has 0 aliphatic heterocycles. The number of hydrogen-bond donors (Lipinski definition) is 2. The highest BCUT2D eigenvalue weighted by molar-refractivity contribution is 4.74. The molecule has 0 heterocycles. The summed E-state index contributed by atoms with van der Waals surface area (Å²) in [5, 5.41) is 17.5. The van der Waals surface area contributed by atoms with Gasteiger partial charge in [0.05, 0.1) is 24.7 Å². The molecule has 1 rings (SSSR count). The maximum absolute atomic E-state index is 8.75. The van der Waals surface area contributed by atoms with Gasteiger partial charge < -0.3 is 14.9 Å². The molecule has 2 unspecified atom stereocenters. The molecule has 1 aliphatic rings. The lowest BCUT2D eigenvalue weighted by Gasteiger charge is -2.03. The molecule has 0 bridgehead atoms. The first-order valence-corrected chi connectivity index (χ1v) is 4.96. The number of rotatable bonds is 2. The molecule has 1 fully saturated rings. The van der Waals surface area contributed by atoms with Crippen molar-refractivity contribution in [2.24, 2.45) is 0 Å². The van der Waals surface area contributed by atoms with E-state index >= 15 is 0 Å². The highest BCUT2D eigenvalue weighted by Gasteiger charge is 2.21. The van der Waals surface area contributed by atoms with Crippen molar-refractivity contribution in [3.05, 3.63) is 24.7 Å². The van der Waals surface area contributed by atoms with Gasteiger partial charge in [-0.2, -0.15) is 0 Å². The van der Waals surface area contributed by atoms with Gasteiger partial charge in [-0.1, -0.05) is 12.2 Å². The van der Waals surface area contributed by atoms with Crippen LogP contribution in [0.1, 0.15) is 33.1 Å². The van der Waals surface area contributed by atoms with Gasteiger partial charge in [0.25, 0.3) is 0 Å². The lowest BCUT2D eigenvalue weighted by molar-refractivity contribution is 0.0438. The summed E-state index contributed by atoms with van der Waals surface area (Å²) in [6, 6.07) is 0. The Morgan fingerprint density at radius 3 is 1.64 bits per heavy atom. The molecule has 0 saturated heterocycles. The van der Waals surface area contributed by atoms with Crippen molar-refractivity contribution in [3.8, 4) is 0 Å². The number of aliphatic hydroxyl groups excluding tert-OH is 2. The third-order valence-electron chi connectivity index (χ3n) is 1.87. The van der Waals surface area contributed by atoms with Crippen LogP contribution in [0.5, 0.6) is 0 Å². The molecule has 0 aromatic heterocycles. The molecule has 0 radical (unpaired) electrons. The highest BCUT2D eigenvalue weighted by Crippen LogP contribution is 2.17. The van der Waals surface area contributed by atoms with Gasteiger partial charge in [-0.05, 0) is 33.1 Å². The maximum Gasteiger partial charge on any atom is 0.0858 e. The van der Waals surface area contributed by atoms with Gasteiger partial charge in [0, 0.05) is 0 Å². The minimum absolute atomic E-state index is 0.431. The minimum atomic E-state index is -0.431. The lowest BCUT2D eigenvalue weighted by Crippen LogP contribution is -2.17. The van der Waals surface area contributed by atoms with Crippen molar-refractivity contribution in [2.75, 3.05) is 0 Å². The fourth-order valence-electron chi connectivity index (χ4n) is 1.12. The van der Waals surface area contributed by atoms with Gasteiger partial charge in [-0.15, -0.1) is 0 Å². The van der Waals surface area contributed by atoms with E-state index in [1.807, 2.05) is 26.0 Å². The fourth-order valence-corrected chi connectivity index (χ4v) is 1.12. The van der Waals surface area contributed by atoms with Gasteiger partial charge in [-0.25, -0.2) is 0 Å². The van der Waals surface area contributed by atoms with Crippen molar-refractivity contribution in [1.82, 2.24) is 0 Å². The zero-order valence-electron chi connectivity index (χ0n) is 8.89. The molecule has 0 aromatic carbocycles. The lowest BCUT2D eigenvalue weighted by atomic mass is 10.3. The average Bonchev–Trinajstić information content (AvgIpc) is 2.53. The first-order chi connectivity index (χ1) is 6.72. The minimum Gasteiger partial charge on any atom is -0.473 e. The van der Waals surface area contributed by atoms with E-state index in [2.05, 4.69) is 0 Å². The second-order valence-electron chi connectivity index (χ2n) is 3.14. The van der Waals surface area contributed by atoms with E-state index in [0.29, 0.717) is 0 Å². The largest absolute Gasteiger partial charge is 0.473 e. The van der Waals surface area contributed by atoms with E-state index in [1.54, 1.807) is 12.5 Å². The predicted molar refractivity (Wildman–Crippen MR) is 56.6 cm³/mol. The van der Waals surface area contributed by atoms with Crippen molar-refractivity contribution >= 4 is 0 Å². The molecule has 0 spiro atoms. The first-order valence-electron chi connectivity index (χ1n) is 4.96. The highest BCUT2D eigenvalue weighted by atomic mass is 16.5. The second-order valence-corrected chi connectivity index (χ2v) is 3.14. The normalized spacial score (nSPS) is 26.6. The summed E-state index contributed by atoms with van der Waals surface area (Å²) in [5.41, 5.74) is 0. The fraction of sp³-hybridized carbons (Fsp3) is 0.636. The van der Waals surface area contributed by atoms with Crippen molar-refractivity contribution in [3.63, 3.8) is 0 Å². The smallest absolute Gasteiger partial charge is 0.0858 e. The number of ether oxygens (including phenoxy) is 1. The summed E-state index contributed by atoms with van der Waals surface area (Å²) >= 11 is 0. The topological polar surface area (TPSA) is 49.7 Å². The van der Waals surface area contributed by atoms with Crippen molar-refractivity contribution < 1.29 is 14.9 Å². The molecule has 2 atom stereocenters. The Balaban J connectivity index is 0.000000241. The molecular formula is C11H20O3. The van der Waals surface area contributed by atoms with E-state index in [1.165, 1.54) is 0 Å². The Morgan fingerprint density at radius 2 is 1.43 bits per heavy atom. The summed E-state index contributed by atoms with van der Waals surface area (Å²) < 4.78 is 4.77. The summed E-state index contributed by atoms with van der Waals surface area (Å²) in [7, 11) is 0. The van der Waals surface area contributed by atoms with E-state index < -0.39 is 12.2 Å². The zero-order chi connectivity index (χ0) is 10.8. The van der Waals surface area contributed by atoms with E-state index in [-0.39, 0.29) is 0 Å². The summed E-state index contributed by atoms with van der Waals surface area (Å²) in [4.78, 5) is 0. The molecule has 1 saturated carbocycles. The Hall–Kier alpha value is -0.800. The Labute approximate surface area is 85.7 Å². The summed E-state index contributed by atoms with van der Waals surface area (Å²) in [6.45, 7) is 3.81. The number of hydrogen-bond acceptors (Lipinski definition) is 3. The third-order valence-corrected chi connectivity index (χ3v) is 1.87. The first kappa shape index (κ1) is 13.2. The van der Waals surface area contributed by atoms with Crippen LogP contribution in [0.2, 0.25) is 0 Å². The number of aliphatic hydroxyl groups is 2. The van der Waals surface area contributed by atoms with Crippen LogP contribution >= 0.6 is 0 Å². The van der Waals surface area contributed by atoms with Crippen molar-refractivity contribution in [1.29, 1.82) is 0 Å². The van der Waals surface area contributed by atoms with Crippen LogP contribution in [0.4, 0.5) is 0 Å². The second kappa shape index (κ2) is 8.78. The maximum atomic E-state index is 8.75. The monoisotopic (exact) mass is 200 g/mol. The molecule has 2 N–H and O–H groups in total. The molecular weight excluding hydrogens is 180 g/mol. The predicted octanol–water partition coefficient (Wildman–Crippen LogP) is 1.96. The molecule has 0 aromatic rings. The summed E-state index contributed by atoms with van der Waals surface area (Å²) in [5.74, 6) is 0.